The number of rotatable bonds is 6. The van der Waals surface area contributed by atoms with Gasteiger partial charge in [0.15, 0.2) is 0 Å². The lowest BCUT2D eigenvalue weighted by atomic mass is 10.1. The Labute approximate surface area is 129 Å². The average Bonchev–Trinajstić information content (AvgIpc) is 2.81. The summed E-state index contributed by atoms with van der Waals surface area (Å²) in [5, 5.41) is 3.69. The summed E-state index contributed by atoms with van der Waals surface area (Å²) >= 11 is 0. The van der Waals surface area contributed by atoms with Gasteiger partial charge in [-0.3, -0.25) is 0 Å². The summed E-state index contributed by atoms with van der Waals surface area (Å²) in [5.41, 5.74) is 3.56. The van der Waals surface area contributed by atoms with Crippen molar-refractivity contribution in [2.24, 2.45) is 0 Å². The first-order chi connectivity index (χ1) is 10.3. The van der Waals surface area contributed by atoms with Crippen LogP contribution in [-0.2, 0) is 22.3 Å². The third kappa shape index (κ3) is 3.83. The van der Waals surface area contributed by atoms with Gasteiger partial charge in [0.25, 0.3) is 0 Å². The summed E-state index contributed by atoms with van der Waals surface area (Å²) in [4.78, 5) is 4.26. The average molecular weight is 325 g/mol. The van der Waals surface area contributed by atoms with Gasteiger partial charge in [0.2, 0.25) is 15.9 Å². The van der Waals surface area contributed by atoms with Crippen LogP contribution in [-0.4, -0.2) is 25.7 Å². The van der Waals surface area contributed by atoms with E-state index in [1.54, 1.807) is 6.92 Å². The molecule has 0 aliphatic carbocycles. The SMILES string of the molecule is COc1nc(C)cc(C)c1CNS(=O)(=O)Cc1nocc1C. The van der Waals surface area contributed by atoms with E-state index in [1.807, 2.05) is 19.9 Å². The molecule has 8 heteroatoms. The van der Waals surface area contributed by atoms with Gasteiger partial charge in [-0.25, -0.2) is 18.1 Å². The molecule has 2 aromatic heterocycles. The maximum absolute atomic E-state index is 12.1. The van der Waals surface area contributed by atoms with Crippen molar-refractivity contribution in [3.8, 4) is 5.88 Å². The smallest absolute Gasteiger partial charge is 0.218 e. The first-order valence-corrected chi connectivity index (χ1v) is 8.36. The van der Waals surface area contributed by atoms with Crippen LogP contribution in [0.3, 0.4) is 0 Å². The van der Waals surface area contributed by atoms with Crippen molar-refractivity contribution in [3.63, 3.8) is 0 Å². The van der Waals surface area contributed by atoms with Gasteiger partial charge in [-0.15, -0.1) is 0 Å². The molecule has 0 fully saturated rings. The largest absolute Gasteiger partial charge is 0.481 e. The van der Waals surface area contributed by atoms with Crippen LogP contribution in [0.1, 0.15) is 28.1 Å². The topological polar surface area (TPSA) is 94.3 Å². The van der Waals surface area contributed by atoms with Gasteiger partial charge in [0.1, 0.15) is 17.7 Å². The molecule has 0 amide bonds. The molecule has 22 heavy (non-hydrogen) atoms. The van der Waals surface area contributed by atoms with E-state index in [0.29, 0.717) is 22.7 Å². The van der Waals surface area contributed by atoms with E-state index in [1.165, 1.54) is 13.4 Å². The molecular formula is C14H19N3O4S. The van der Waals surface area contributed by atoms with Crippen LogP contribution in [0.15, 0.2) is 16.9 Å². The molecule has 0 radical (unpaired) electrons. The molecule has 2 rings (SSSR count). The van der Waals surface area contributed by atoms with Crippen LogP contribution in [0.25, 0.3) is 0 Å². The van der Waals surface area contributed by atoms with Crippen molar-refractivity contribution < 1.29 is 17.7 Å². The summed E-state index contributed by atoms with van der Waals surface area (Å²) < 4.78 is 36.8. The lowest BCUT2D eigenvalue weighted by Crippen LogP contribution is -2.26. The van der Waals surface area contributed by atoms with Gasteiger partial charge in [0, 0.05) is 23.4 Å². The van der Waals surface area contributed by atoms with Crippen molar-refractivity contribution in [1.82, 2.24) is 14.9 Å². The number of aromatic nitrogens is 2. The summed E-state index contributed by atoms with van der Waals surface area (Å²) in [7, 11) is -2.02. The molecule has 0 aliphatic rings. The normalized spacial score (nSPS) is 11.6. The number of nitrogens with one attached hydrogen (secondary N) is 1. The zero-order chi connectivity index (χ0) is 16.3. The standard InChI is InChI=1S/C14H19N3O4S/c1-9-5-11(3)16-14(20-4)12(9)6-15-22(18,19)8-13-10(2)7-21-17-13/h5,7,15H,6,8H2,1-4H3. The minimum Gasteiger partial charge on any atom is -0.481 e. The highest BCUT2D eigenvalue weighted by molar-refractivity contribution is 7.88. The minimum absolute atomic E-state index is 0.113. The molecule has 0 bridgehead atoms. The Morgan fingerprint density at radius 1 is 1.27 bits per heavy atom. The second-order valence-electron chi connectivity index (χ2n) is 5.09. The molecule has 2 aromatic rings. The molecule has 0 saturated heterocycles. The molecule has 1 N–H and O–H groups in total. The third-order valence-corrected chi connectivity index (χ3v) is 4.51. The lowest BCUT2D eigenvalue weighted by molar-refractivity contribution is 0.390. The third-order valence-electron chi connectivity index (χ3n) is 3.27. The maximum Gasteiger partial charge on any atom is 0.218 e. The second kappa shape index (κ2) is 6.45. The Hall–Kier alpha value is -1.93. The van der Waals surface area contributed by atoms with Gasteiger partial charge < -0.3 is 9.26 Å². The van der Waals surface area contributed by atoms with E-state index >= 15 is 0 Å². The van der Waals surface area contributed by atoms with Gasteiger partial charge in [-0.05, 0) is 32.4 Å². The Morgan fingerprint density at radius 3 is 2.59 bits per heavy atom. The highest BCUT2D eigenvalue weighted by Gasteiger charge is 2.18. The van der Waals surface area contributed by atoms with Gasteiger partial charge in [-0.2, -0.15) is 0 Å². The van der Waals surface area contributed by atoms with Gasteiger partial charge in [0.05, 0.1) is 7.11 Å². The molecular weight excluding hydrogens is 306 g/mol. The Balaban J connectivity index is 2.14. The predicted octanol–water partition coefficient (Wildman–Crippen LogP) is 1.62. The summed E-state index contributed by atoms with van der Waals surface area (Å²) in [6, 6.07) is 1.88. The summed E-state index contributed by atoms with van der Waals surface area (Å²) in [6.07, 6.45) is 1.42. The number of methoxy groups -OCH3 is 1. The fraction of sp³-hybridized carbons (Fsp3) is 0.429. The first kappa shape index (κ1) is 16.4. The van der Waals surface area contributed by atoms with E-state index < -0.39 is 10.0 Å². The number of ether oxygens (including phenoxy) is 1. The molecule has 0 aliphatic heterocycles. The highest BCUT2D eigenvalue weighted by Crippen LogP contribution is 2.21. The van der Waals surface area contributed by atoms with Crippen LogP contribution >= 0.6 is 0 Å². The van der Waals surface area contributed by atoms with Gasteiger partial charge >= 0.3 is 0 Å². The van der Waals surface area contributed by atoms with Crippen LogP contribution in [0.4, 0.5) is 0 Å². The zero-order valence-electron chi connectivity index (χ0n) is 13.0. The van der Waals surface area contributed by atoms with Crippen molar-refractivity contribution in [2.75, 3.05) is 7.11 Å². The van der Waals surface area contributed by atoms with Crippen LogP contribution in [0.2, 0.25) is 0 Å². The molecule has 0 spiro atoms. The van der Waals surface area contributed by atoms with Crippen molar-refractivity contribution in [1.29, 1.82) is 0 Å². The number of nitrogens with zero attached hydrogens (tertiary/aromatic N) is 2. The van der Waals surface area contributed by atoms with Crippen LogP contribution in [0.5, 0.6) is 5.88 Å². The van der Waals surface area contributed by atoms with Crippen molar-refractivity contribution >= 4 is 10.0 Å². The second-order valence-corrected chi connectivity index (χ2v) is 6.90. The quantitative estimate of drug-likeness (QED) is 0.867. The molecule has 7 nitrogen and oxygen atoms in total. The van der Waals surface area contributed by atoms with E-state index in [4.69, 9.17) is 9.26 Å². The monoisotopic (exact) mass is 325 g/mol. The number of hydrogen-bond acceptors (Lipinski definition) is 6. The van der Waals surface area contributed by atoms with E-state index in [0.717, 1.165) is 11.3 Å². The number of hydrogen-bond donors (Lipinski definition) is 1. The highest BCUT2D eigenvalue weighted by atomic mass is 32.2. The fourth-order valence-corrected chi connectivity index (χ4v) is 3.18. The molecule has 0 unspecified atom stereocenters. The van der Waals surface area contributed by atoms with Crippen LogP contribution < -0.4 is 9.46 Å². The number of aryl methyl sites for hydroxylation is 3. The Kier molecular flexibility index (Phi) is 4.82. The zero-order valence-corrected chi connectivity index (χ0v) is 13.8. The Morgan fingerprint density at radius 2 is 2.00 bits per heavy atom. The van der Waals surface area contributed by atoms with Gasteiger partial charge in [-0.1, -0.05) is 5.16 Å². The minimum atomic E-state index is -3.53. The van der Waals surface area contributed by atoms with E-state index in [2.05, 4.69) is 14.9 Å². The Bertz CT molecular complexity index is 768. The molecule has 0 aromatic carbocycles. The van der Waals surface area contributed by atoms with Crippen molar-refractivity contribution in [3.05, 3.63) is 40.4 Å². The first-order valence-electron chi connectivity index (χ1n) is 6.70. The predicted molar refractivity (Wildman–Crippen MR) is 81.0 cm³/mol. The number of sulfonamides is 1. The molecule has 0 saturated carbocycles. The molecule has 120 valence electrons. The fourth-order valence-electron chi connectivity index (χ4n) is 2.08. The summed E-state index contributed by atoms with van der Waals surface area (Å²) in [5.74, 6) is 0.202. The van der Waals surface area contributed by atoms with Crippen LogP contribution in [0, 0.1) is 20.8 Å². The van der Waals surface area contributed by atoms with Crippen molar-refractivity contribution in [2.45, 2.75) is 33.1 Å². The lowest BCUT2D eigenvalue weighted by Gasteiger charge is -2.12. The molecule has 2 heterocycles. The van der Waals surface area contributed by atoms with E-state index in [9.17, 15) is 8.42 Å². The number of pyridine rings is 1. The summed E-state index contributed by atoms with van der Waals surface area (Å²) in [6.45, 7) is 5.61. The van der Waals surface area contributed by atoms with E-state index in [-0.39, 0.29) is 12.3 Å². The maximum atomic E-state index is 12.1. The molecule has 0 atom stereocenters.